The summed E-state index contributed by atoms with van der Waals surface area (Å²) in [4.78, 5) is 0. The third kappa shape index (κ3) is 5.55. The zero-order chi connectivity index (χ0) is 13.4. The van der Waals surface area contributed by atoms with Gasteiger partial charge >= 0.3 is 0 Å². The fraction of sp³-hybridized carbons (Fsp3) is 0.857. The molecule has 0 amide bonds. The minimum atomic E-state index is 0.473. The van der Waals surface area contributed by atoms with Crippen LogP contribution >= 0.6 is 23.5 Å². The van der Waals surface area contributed by atoms with Crippen LogP contribution in [0, 0.1) is 0 Å². The number of hydrogen-bond donors (Lipinski definition) is 2. The zero-order valence-corrected chi connectivity index (χ0v) is 13.4. The maximum atomic E-state index is 5.74. The molecule has 18 heavy (non-hydrogen) atoms. The molecule has 0 aliphatic carbocycles. The maximum absolute atomic E-state index is 5.74. The van der Waals surface area contributed by atoms with E-state index in [2.05, 4.69) is 49.4 Å². The summed E-state index contributed by atoms with van der Waals surface area (Å²) in [5.41, 5.74) is 3.04. The molecule has 0 aromatic rings. The molecule has 1 aliphatic rings. The van der Waals surface area contributed by atoms with Gasteiger partial charge in [-0.05, 0) is 19.3 Å². The summed E-state index contributed by atoms with van der Waals surface area (Å²) in [6.07, 6.45) is 8.18. The number of nitrogens with one attached hydrogen (secondary N) is 1. The van der Waals surface area contributed by atoms with Gasteiger partial charge in [-0.25, -0.2) is 0 Å². The van der Waals surface area contributed by atoms with E-state index >= 15 is 0 Å². The van der Waals surface area contributed by atoms with Gasteiger partial charge in [0.25, 0.3) is 0 Å². The Bertz CT molecular complexity index is 236. The number of nitrogens with two attached hydrogens (primary N) is 1. The van der Waals surface area contributed by atoms with E-state index in [9.17, 15) is 0 Å². The summed E-state index contributed by atoms with van der Waals surface area (Å²) in [5, 5.41) is 2.19. The number of hydrogen-bond acceptors (Lipinski definition) is 4. The van der Waals surface area contributed by atoms with E-state index in [4.69, 9.17) is 5.84 Å². The number of thioether (sulfide) groups is 2. The van der Waals surface area contributed by atoms with Gasteiger partial charge in [0.2, 0.25) is 0 Å². The molecular weight excluding hydrogens is 260 g/mol. The highest BCUT2D eigenvalue weighted by Gasteiger charge is 2.30. The monoisotopic (exact) mass is 288 g/mol. The highest BCUT2D eigenvalue weighted by Crippen LogP contribution is 2.37. The van der Waals surface area contributed by atoms with Crippen molar-refractivity contribution in [2.45, 2.75) is 67.7 Å². The predicted molar refractivity (Wildman–Crippen MR) is 87.2 cm³/mol. The predicted octanol–water partition coefficient (Wildman–Crippen LogP) is 3.58. The van der Waals surface area contributed by atoms with Crippen LogP contribution in [0.1, 0.15) is 46.0 Å². The fourth-order valence-corrected chi connectivity index (χ4v) is 5.38. The van der Waals surface area contributed by atoms with Crippen LogP contribution in [-0.2, 0) is 0 Å². The number of hydrazine groups is 1. The van der Waals surface area contributed by atoms with E-state index in [-0.39, 0.29) is 0 Å². The molecule has 1 fully saturated rings. The van der Waals surface area contributed by atoms with Crippen molar-refractivity contribution in [2.75, 3.05) is 5.75 Å². The second-order valence-corrected chi connectivity index (χ2v) is 8.15. The van der Waals surface area contributed by atoms with Crippen molar-refractivity contribution >= 4 is 23.5 Å². The molecule has 106 valence electrons. The fourth-order valence-electron chi connectivity index (χ4n) is 2.23. The minimum Gasteiger partial charge on any atom is -0.271 e. The summed E-state index contributed by atoms with van der Waals surface area (Å²) in [6, 6.07) is 0.473. The molecule has 0 bridgehead atoms. The maximum Gasteiger partial charge on any atom is 0.0337 e. The lowest BCUT2D eigenvalue weighted by atomic mass is 10.1. The molecule has 4 atom stereocenters. The van der Waals surface area contributed by atoms with Crippen molar-refractivity contribution in [2.24, 2.45) is 5.84 Å². The lowest BCUT2D eigenvalue weighted by Gasteiger charge is -2.35. The van der Waals surface area contributed by atoms with Gasteiger partial charge in [-0.15, -0.1) is 6.58 Å². The Hall–Kier alpha value is 0.360. The molecule has 4 unspecified atom stereocenters. The topological polar surface area (TPSA) is 38.0 Å². The molecule has 1 aliphatic heterocycles. The van der Waals surface area contributed by atoms with E-state index in [1.807, 2.05) is 6.08 Å². The molecule has 0 aromatic carbocycles. The van der Waals surface area contributed by atoms with Crippen molar-refractivity contribution in [3.63, 3.8) is 0 Å². The van der Waals surface area contributed by atoms with Crippen molar-refractivity contribution in [1.82, 2.24) is 5.43 Å². The first-order valence-electron chi connectivity index (χ1n) is 7.03. The highest BCUT2D eigenvalue weighted by atomic mass is 32.2. The molecule has 0 saturated carbocycles. The Morgan fingerprint density at radius 2 is 2.11 bits per heavy atom. The molecule has 0 radical (unpaired) electrons. The van der Waals surface area contributed by atoms with E-state index in [1.165, 1.54) is 31.4 Å². The average molecular weight is 289 g/mol. The molecule has 1 heterocycles. The van der Waals surface area contributed by atoms with E-state index in [1.54, 1.807) is 0 Å². The van der Waals surface area contributed by atoms with Gasteiger partial charge in [-0.1, -0.05) is 32.8 Å². The second kappa shape index (κ2) is 9.29. The van der Waals surface area contributed by atoms with Gasteiger partial charge in [0.1, 0.15) is 0 Å². The van der Waals surface area contributed by atoms with Crippen LogP contribution in [0.5, 0.6) is 0 Å². The van der Waals surface area contributed by atoms with Crippen molar-refractivity contribution in [3.8, 4) is 0 Å². The van der Waals surface area contributed by atoms with Crippen molar-refractivity contribution < 1.29 is 0 Å². The smallest absolute Gasteiger partial charge is 0.0337 e. The summed E-state index contributed by atoms with van der Waals surface area (Å²) in [7, 11) is 0. The van der Waals surface area contributed by atoms with Gasteiger partial charge in [-0.3, -0.25) is 11.3 Å². The van der Waals surface area contributed by atoms with Crippen LogP contribution in [-0.4, -0.2) is 27.5 Å². The second-order valence-electron chi connectivity index (χ2n) is 5.12. The Morgan fingerprint density at radius 3 is 2.72 bits per heavy atom. The van der Waals surface area contributed by atoms with Gasteiger partial charge in [0.05, 0.1) is 0 Å². The molecule has 2 nitrogen and oxygen atoms in total. The lowest BCUT2D eigenvalue weighted by molar-refractivity contribution is 0.464. The van der Waals surface area contributed by atoms with Crippen molar-refractivity contribution in [3.05, 3.63) is 12.7 Å². The number of unbranched alkanes of at least 4 members (excludes halogenated alkanes) is 3. The first kappa shape index (κ1) is 16.4. The molecule has 4 heteroatoms. The standard InChI is InChI=1S/C14H28N2S2/c1-4-5-6-7-8-9-13(16-15)14-10-17-11(2)12(3)18-14/h4,11-14,16H,1,5-10,15H2,2-3H3. The number of allylic oxidation sites excluding steroid dienone is 1. The van der Waals surface area contributed by atoms with Crippen LogP contribution in [0.3, 0.4) is 0 Å². The Morgan fingerprint density at radius 1 is 1.33 bits per heavy atom. The van der Waals surface area contributed by atoms with Gasteiger partial charge < -0.3 is 0 Å². The first-order chi connectivity index (χ1) is 8.69. The van der Waals surface area contributed by atoms with Crippen LogP contribution in [0.2, 0.25) is 0 Å². The summed E-state index contributed by atoms with van der Waals surface area (Å²) in [6.45, 7) is 8.43. The van der Waals surface area contributed by atoms with Gasteiger partial charge in [0.15, 0.2) is 0 Å². The van der Waals surface area contributed by atoms with E-state index in [0.717, 1.165) is 16.9 Å². The highest BCUT2D eigenvalue weighted by molar-refractivity contribution is 8.07. The van der Waals surface area contributed by atoms with Gasteiger partial charge in [0, 0.05) is 27.5 Å². The summed E-state index contributed by atoms with van der Waals surface area (Å²) < 4.78 is 0. The van der Waals surface area contributed by atoms with Crippen LogP contribution in [0.4, 0.5) is 0 Å². The van der Waals surface area contributed by atoms with E-state index in [0.29, 0.717) is 11.3 Å². The molecular formula is C14H28N2S2. The lowest BCUT2D eigenvalue weighted by Crippen LogP contribution is -2.46. The summed E-state index contributed by atoms with van der Waals surface area (Å²) in [5.74, 6) is 6.97. The van der Waals surface area contributed by atoms with Crippen LogP contribution in [0.15, 0.2) is 12.7 Å². The first-order valence-corrected chi connectivity index (χ1v) is 9.02. The third-order valence-corrected chi connectivity index (χ3v) is 7.21. The molecule has 0 spiro atoms. The minimum absolute atomic E-state index is 0.473. The quantitative estimate of drug-likeness (QED) is 0.310. The third-order valence-electron chi connectivity index (χ3n) is 3.66. The largest absolute Gasteiger partial charge is 0.271 e. The van der Waals surface area contributed by atoms with E-state index < -0.39 is 0 Å². The zero-order valence-electron chi connectivity index (χ0n) is 11.7. The Labute approximate surface area is 121 Å². The average Bonchev–Trinajstić information content (AvgIpc) is 2.37. The normalized spacial score (nSPS) is 30.1. The Kier molecular flexibility index (Phi) is 8.47. The molecule has 0 aromatic heterocycles. The summed E-state index contributed by atoms with van der Waals surface area (Å²) >= 11 is 4.21. The van der Waals surface area contributed by atoms with Crippen molar-refractivity contribution in [1.29, 1.82) is 0 Å². The van der Waals surface area contributed by atoms with Crippen LogP contribution in [0.25, 0.3) is 0 Å². The van der Waals surface area contributed by atoms with Crippen LogP contribution < -0.4 is 11.3 Å². The Balaban J connectivity index is 2.25. The van der Waals surface area contributed by atoms with Gasteiger partial charge in [-0.2, -0.15) is 23.5 Å². The molecule has 1 rings (SSSR count). The molecule has 1 saturated heterocycles. The SMILES string of the molecule is C=CCCCCCC(NN)C1CSC(C)C(C)S1. The molecule has 3 N–H and O–H groups in total. The number of rotatable bonds is 8.